The summed E-state index contributed by atoms with van der Waals surface area (Å²) in [5.74, 6) is 1.37. The molecule has 8 rings (SSSR count). The van der Waals surface area contributed by atoms with Gasteiger partial charge < -0.3 is 16.0 Å². The van der Waals surface area contributed by atoms with Gasteiger partial charge in [0.1, 0.15) is 29.0 Å². The van der Waals surface area contributed by atoms with E-state index < -0.39 is 12.0 Å². The van der Waals surface area contributed by atoms with Crippen molar-refractivity contribution >= 4 is 34.0 Å². The molecule has 0 amide bonds. The maximum absolute atomic E-state index is 16.8. The van der Waals surface area contributed by atoms with Crippen LogP contribution in [0.4, 0.5) is 20.3 Å². The van der Waals surface area contributed by atoms with Crippen molar-refractivity contribution in [1.29, 1.82) is 0 Å². The van der Waals surface area contributed by atoms with Crippen molar-refractivity contribution in [2.24, 2.45) is 5.92 Å². The summed E-state index contributed by atoms with van der Waals surface area (Å²) in [6, 6.07) is 3.50. The van der Waals surface area contributed by atoms with Crippen LogP contribution in [0.15, 0.2) is 30.6 Å². The van der Waals surface area contributed by atoms with Crippen LogP contribution >= 0.6 is 11.6 Å². The number of nitrogens with zero attached hydrogens (tertiary/aromatic N) is 5. The van der Waals surface area contributed by atoms with Crippen molar-refractivity contribution in [3.8, 4) is 11.3 Å². The van der Waals surface area contributed by atoms with Crippen LogP contribution in [0, 0.1) is 11.7 Å². The zero-order valence-electron chi connectivity index (χ0n) is 26.1. The first-order valence-electron chi connectivity index (χ1n) is 16.8. The maximum Gasteiger partial charge on any atom is 0.175 e. The second-order valence-electron chi connectivity index (χ2n) is 13.7. The number of aromatic nitrogens is 3. The molecule has 5 aliphatic heterocycles. The zero-order valence-corrected chi connectivity index (χ0v) is 26.8. The van der Waals surface area contributed by atoms with Crippen LogP contribution in [0.25, 0.3) is 22.2 Å². The third-order valence-corrected chi connectivity index (χ3v) is 11.0. The van der Waals surface area contributed by atoms with Gasteiger partial charge in [0.15, 0.2) is 5.82 Å². The van der Waals surface area contributed by atoms with Crippen molar-refractivity contribution < 1.29 is 8.78 Å². The van der Waals surface area contributed by atoms with Crippen LogP contribution in [0.5, 0.6) is 0 Å². The van der Waals surface area contributed by atoms with Crippen molar-refractivity contribution in [2.45, 2.75) is 88.8 Å². The molecule has 1 aromatic carbocycles. The number of halogens is 3. The highest BCUT2D eigenvalue weighted by atomic mass is 35.5. The van der Waals surface area contributed by atoms with Crippen molar-refractivity contribution in [2.75, 3.05) is 43.4 Å². The molecule has 10 heteroatoms. The summed E-state index contributed by atoms with van der Waals surface area (Å²) in [7, 11) is 0. The fourth-order valence-electron chi connectivity index (χ4n) is 8.38. The standard InChI is InChI=1S/C35H44ClF2N7/c1-22-6-2-3-8-26-27(16-25(39)17-29(26)36)32-31(38)33-28(19-41-32)34(44-14-4-7-23(20-44)10-13-40-22)43-30(42-33)9-12-35-11-5-15-45(35)21-24(37)18-35/h16-17,19,23-24,40H,1-15,18,20-21,39H2/t23?,24?,35-/m1/s1. The predicted molar refractivity (Wildman–Crippen MR) is 178 cm³/mol. The number of hydrogen-bond acceptors (Lipinski definition) is 7. The van der Waals surface area contributed by atoms with Gasteiger partial charge in [0, 0.05) is 66.3 Å². The van der Waals surface area contributed by atoms with Gasteiger partial charge in [-0.3, -0.25) is 9.88 Å². The summed E-state index contributed by atoms with van der Waals surface area (Å²) < 4.78 is 31.4. The van der Waals surface area contributed by atoms with Gasteiger partial charge in [-0.25, -0.2) is 18.7 Å². The number of fused-ring (bicyclic) bond motifs is 9. The number of hydrogen-bond donors (Lipinski definition) is 2. The van der Waals surface area contributed by atoms with Gasteiger partial charge in [-0.2, -0.15) is 0 Å². The van der Waals surface area contributed by atoms with Crippen molar-refractivity contribution in [3.63, 3.8) is 0 Å². The van der Waals surface area contributed by atoms with Gasteiger partial charge in [0.25, 0.3) is 0 Å². The van der Waals surface area contributed by atoms with Gasteiger partial charge in [-0.05, 0) is 101 Å². The van der Waals surface area contributed by atoms with E-state index in [-0.39, 0.29) is 16.7 Å². The molecule has 7 heterocycles. The van der Waals surface area contributed by atoms with E-state index in [4.69, 9.17) is 32.3 Å². The number of allylic oxidation sites excluding steroid dienone is 1. The third-order valence-electron chi connectivity index (χ3n) is 10.7. The average molecular weight is 636 g/mol. The maximum atomic E-state index is 16.8. The third kappa shape index (κ3) is 6.10. The lowest BCUT2D eigenvalue weighted by Crippen LogP contribution is -2.39. The number of rotatable bonds is 3. The van der Waals surface area contributed by atoms with Crippen LogP contribution < -0.4 is 16.0 Å². The number of alkyl halides is 1. The minimum absolute atomic E-state index is 0.148. The Morgan fingerprint density at radius 2 is 1.96 bits per heavy atom. The SMILES string of the molecule is C=C1CCCCc2c(Cl)cc(N)cc2-c2ncc3c(nc(CC[C@@]45CCCN4CC(F)C5)nc3c2F)N2CCCC(CCN1)C2. The van der Waals surface area contributed by atoms with Crippen molar-refractivity contribution in [1.82, 2.24) is 25.2 Å². The van der Waals surface area contributed by atoms with Crippen LogP contribution in [-0.4, -0.2) is 64.3 Å². The smallest absolute Gasteiger partial charge is 0.175 e. The van der Waals surface area contributed by atoms with Gasteiger partial charge in [0.2, 0.25) is 0 Å². The van der Waals surface area contributed by atoms with Crippen LogP contribution in [0.1, 0.15) is 75.6 Å². The highest BCUT2D eigenvalue weighted by molar-refractivity contribution is 6.32. The molecule has 0 spiro atoms. The topological polar surface area (TPSA) is 83.2 Å². The molecule has 3 atom stereocenters. The Hall–Kier alpha value is -3.04. The first-order valence-corrected chi connectivity index (χ1v) is 17.2. The Kier molecular flexibility index (Phi) is 8.59. The van der Waals surface area contributed by atoms with Gasteiger partial charge in [-0.1, -0.05) is 18.2 Å². The van der Waals surface area contributed by atoms with E-state index in [1.807, 2.05) is 0 Å². The molecule has 2 aromatic heterocycles. The van der Waals surface area contributed by atoms with Crippen LogP contribution in [-0.2, 0) is 12.8 Å². The highest BCUT2D eigenvalue weighted by Crippen LogP contribution is 2.43. The molecule has 7 nitrogen and oxygen atoms in total. The molecule has 0 aliphatic carbocycles. The van der Waals surface area contributed by atoms with E-state index >= 15 is 4.39 Å². The largest absolute Gasteiger partial charge is 0.399 e. The molecular formula is C35H44ClF2N7. The fraction of sp³-hybridized carbons (Fsp3) is 0.571. The second kappa shape index (κ2) is 12.6. The Morgan fingerprint density at radius 3 is 2.84 bits per heavy atom. The number of nitrogens with two attached hydrogens (primary N) is 1. The molecule has 0 saturated carbocycles. The number of aryl methyl sites for hydroxylation is 1. The summed E-state index contributed by atoms with van der Waals surface area (Å²) in [5, 5.41) is 4.69. The number of pyridine rings is 1. The van der Waals surface area contributed by atoms with E-state index in [9.17, 15) is 4.39 Å². The Morgan fingerprint density at radius 1 is 1.09 bits per heavy atom. The molecule has 3 fully saturated rings. The highest BCUT2D eigenvalue weighted by Gasteiger charge is 2.48. The average Bonchev–Trinajstić information content (AvgIpc) is 3.54. The predicted octanol–water partition coefficient (Wildman–Crippen LogP) is 7.01. The summed E-state index contributed by atoms with van der Waals surface area (Å²) >= 11 is 6.74. The molecule has 6 bridgehead atoms. The molecule has 0 radical (unpaired) electrons. The normalized spacial score (nSPS) is 26.1. The molecule has 240 valence electrons. The lowest BCUT2D eigenvalue weighted by molar-refractivity contribution is 0.181. The van der Waals surface area contributed by atoms with Crippen LogP contribution in [0.3, 0.4) is 0 Å². The molecule has 3 aromatic rings. The Bertz CT molecular complexity index is 1600. The minimum atomic E-state index is -0.791. The van der Waals surface area contributed by atoms with Gasteiger partial charge in [0.05, 0.1) is 5.39 Å². The van der Waals surface area contributed by atoms with Gasteiger partial charge in [-0.15, -0.1) is 0 Å². The molecule has 45 heavy (non-hydrogen) atoms. The van der Waals surface area contributed by atoms with E-state index in [1.54, 1.807) is 18.3 Å². The number of anilines is 2. The van der Waals surface area contributed by atoms with Gasteiger partial charge >= 0.3 is 0 Å². The van der Waals surface area contributed by atoms with E-state index in [2.05, 4.69) is 21.7 Å². The van der Waals surface area contributed by atoms with E-state index in [1.165, 1.54) is 0 Å². The number of nitrogen functional groups attached to an aromatic ring is 1. The summed E-state index contributed by atoms with van der Waals surface area (Å²) in [6.07, 6.45) is 11.5. The van der Waals surface area contributed by atoms with E-state index in [0.717, 1.165) is 101 Å². The van der Waals surface area contributed by atoms with Crippen LogP contribution in [0.2, 0.25) is 5.02 Å². The summed E-state index contributed by atoms with van der Waals surface area (Å²) in [6.45, 7) is 8.29. The van der Waals surface area contributed by atoms with Crippen molar-refractivity contribution in [3.05, 3.63) is 52.8 Å². The quantitative estimate of drug-likeness (QED) is 0.300. The lowest BCUT2D eigenvalue weighted by atomic mass is 9.88. The Balaban J connectivity index is 1.33. The molecule has 5 aliphatic rings. The molecular weight excluding hydrogens is 592 g/mol. The summed E-state index contributed by atoms with van der Waals surface area (Å²) in [5.41, 5.74) is 9.55. The molecule has 3 saturated heterocycles. The number of nitrogens with one attached hydrogen (secondary N) is 1. The minimum Gasteiger partial charge on any atom is -0.399 e. The Labute approximate surface area is 269 Å². The lowest BCUT2D eigenvalue weighted by Gasteiger charge is -2.35. The van der Waals surface area contributed by atoms with E-state index in [0.29, 0.717) is 59.2 Å². The second-order valence-corrected chi connectivity index (χ2v) is 14.1. The zero-order chi connectivity index (χ0) is 31.1. The number of benzene rings is 1. The monoisotopic (exact) mass is 635 g/mol. The fourth-order valence-corrected chi connectivity index (χ4v) is 8.70. The molecule has 2 unspecified atom stereocenters. The summed E-state index contributed by atoms with van der Waals surface area (Å²) in [4.78, 5) is 19.3. The number of piperidine rings is 1. The molecule has 3 N–H and O–H groups in total. The first kappa shape index (κ1) is 30.6. The first-order chi connectivity index (χ1) is 21.8.